The summed E-state index contributed by atoms with van der Waals surface area (Å²) in [5.74, 6) is 0.994. The quantitative estimate of drug-likeness (QED) is 0.765. The number of carbonyl (C=O) groups excluding carboxylic acids is 1. The molecule has 7 nitrogen and oxygen atoms in total. The Kier molecular flexibility index (Phi) is 5.38. The number of nitrogen functional groups attached to an aromatic ring is 2. The third-order valence-electron chi connectivity index (χ3n) is 3.28. The number of nitrogens with zero attached hydrogens (tertiary/aromatic N) is 3. The Hall–Kier alpha value is -2.35. The highest BCUT2D eigenvalue weighted by atomic mass is 32.2. The van der Waals surface area contributed by atoms with E-state index >= 15 is 0 Å². The van der Waals surface area contributed by atoms with Gasteiger partial charge in [-0.05, 0) is 31.9 Å². The average molecular weight is 332 g/mol. The summed E-state index contributed by atoms with van der Waals surface area (Å²) in [7, 11) is 0. The second kappa shape index (κ2) is 7.28. The van der Waals surface area contributed by atoms with Crippen LogP contribution in [0.5, 0.6) is 0 Å². The molecule has 0 aliphatic rings. The maximum atomic E-state index is 12.3. The number of hydrogen-bond donors (Lipinski definition) is 3. The summed E-state index contributed by atoms with van der Waals surface area (Å²) in [5.41, 5.74) is 14.0. The fourth-order valence-electron chi connectivity index (χ4n) is 2.03. The third-order valence-corrected chi connectivity index (χ3v) is 4.42. The van der Waals surface area contributed by atoms with E-state index in [1.807, 2.05) is 39.0 Å². The molecule has 0 spiro atoms. The minimum Gasteiger partial charge on any atom is -0.368 e. The van der Waals surface area contributed by atoms with Gasteiger partial charge < -0.3 is 16.8 Å². The van der Waals surface area contributed by atoms with Gasteiger partial charge in [-0.2, -0.15) is 15.0 Å². The summed E-state index contributed by atoms with van der Waals surface area (Å²) in [6.07, 6.45) is 0. The lowest BCUT2D eigenvalue weighted by Gasteiger charge is -2.15. The Morgan fingerprint density at radius 1 is 1.17 bits per heavy atom. The van der Waals surface area contributed by atoms with Crippen LogP contribution in [0.3, 0.4) is 0 Å². The lowest BCUT2D eigenvalue weighted by molar-refractivity contribution is -0.115. The number of aryl methyl sites for hydroxylation is 2. The molecular formula is C15H20N6OS. The van der Waals surface area contributed by atoms with Gasteiger partial charge in [0.25, 0.3) is 0 Å². The van der Waals surface area contributed by atoms with Gasteiger partial charge in [-0.3, -0.25) is 4.79 Å². The summed E-state index contributed by atoms with van der Waals surface area (Å²) in [6.45, 7) is 5.77. The predicted octanol–water partition coefficient (Wildman–Crippen LogP) is 1.91. The molecular weight excluding hydrogens is 312 g/mol. The molecule has 1 aromatic heterocycles. The van der Waals surface area contributed by atoms with Crippen molar-refractivity contribution in [1.82, 2.24) is 15.0 Å². The van der Waals surface area contributed by atoms with E-state index in [0.29, 0.717) is 11.6 Å². The minimum absolute atomic E-state index is 0.0672. The van der Waals surface area contributed by atoms with Crippen molar-refractivity contribution >= 4 is 35.3 Å². The molecule has 0 aliphatic carbocycles. The summed E-state index contributed by atoms with van der Waals surface area (Å²) in [6, 6.07) is 5.90. The van der Waals surface area contributed by atoms with Gasteiger partial charge in [-0.15, -0.1) is 11.8 Å². The van der Waals surface area contributed by atoms with E-state index in [1.54, 1.807) is 0 Å². The van der Waals surface area contributed by atoms with Gasteiger partial charge in [0, 0.05) is 5.69 Å². The van der Waals surface area contributed by atoms with Crippen LogP contribution >= 0.6 is 11.8 Å². The minimum atomic E-state index is -0.270. The molecule has 0 fully saturated rings. The molecule has 0 aliphatic heterocycles. The second-order valence-electron chi connectivity index (χ2n) is 5.18. The molecule has 0 saturated heterocycles. The van der Waals surface area contributed by atoms with Crippen LogP contribution in [0.1, 0.15) is 23.9 Å². The van der Waals surface area contributed by atoms with Crippen molar-refractivity contribution < 1.29 is 4.79 Å². The lowest BCUT2D eigenvalue weighted by Crippen LogP contribution is -2.23. The smallest absolute Gasteiger partial charge is 0.237 e. The summed E-state index contributed by atoms with van der Waals surface area (Å²) >= 11 is 1.41. The molecule has 1 heterocycles. The van der Waals surface area contributed by atoms with Gasteiger partial charge in [0.15, 0.2) is 0 Å². The topological polar surface area (TPSA) is 120 Å². The zero-order valence-corrected chi connectivity index (χ0v) is 14.1. The van der Waals surface area contributed by atoms with E-state index in [9.17, 15) is 4.79 Å². The Bertz CT molecular complexity index is 681. The van der Waals surface area contributed by atoms with Gasteiger partial charge in [0.2, 0.25) is 17.8 Å². The molecule has 2 aromatic rings. The Labute approximate surface area is 139 Å². The molecule has 122 valence electrons. The van der Waals surface area contributed by atoms with Crippen molar-refractivity contribution in [2.45, 2.75) is 31.8 Å². The number of thioether (sulfide) groups is 1. The van der Waals surface area contributed by atoms with Crippen molar-refractivity contribution in [3.63, 3.8) is 0 Å². The first-order valence-corrected chi connectivity index (χ1v) is 8.16. The van der Waals surface area contributed by atoms with Crippen LogP contribution in [0, 0.1) is 13.8 Å². The zero-order chi connectivity index (χ0) is 17.0. The number of anilines is 3. The SMILES string of the molecule is Cc1cccc(C)c1NC(=O)[C@H](C)SCc1nc(N)nc(N)n1. The molecule has 0 saturated carbocycles. The van der Waals surface area contributed by atoms with Crippen LogP contribution in [-0.2, 0) is 10.5 Å². The number of carbonyl (C=O) groups is 1. The van der Waals surface area contributed by atoms with Crippen molar-refractivity contribution in [3.8, 4) is 0 Å². The van der Waals surface area contributed by atoms with E-state index < -0.39 is 0 Å². The van der Waals surface area contributed by atoms with E-state index in [4.69, 9.17) is 11.5 Å². The third kappa shape index (κ3) is 4.56. The Morgan fingerprint density at radius 2 is 1.74 bits per heavy atom. The van der Waals surface area contributed by atoms with Crippen LogP contribution in [-0.4, -0.2) is 26.1 Å². The maximum absolute atomic E-state index is 12.3. The van der Waals surface area contributed by atoms with Crippen LogP contribution < -0.4 is 16.8 Å². The van der Waals surface area contributed by atoms with E-state index in [1.165, 1.54) is 11.8 Å². The fraction of sp³-hybridized carbons (Fsp3) is 0.333. The molecule has 0 unspecified atom stereocenters. The number of benzene rings is 1. The molecule has 0 radical (unpaired) electrons. The van der Waals surface area contributed by atoms with Gasteiger partial charge in [0.1, 0.15) is 5.82 Å². The van der Waals surface area contributed by atoms with E-state index in [2.05, 4.69) is 20.3 Å². The summed E-state index contributed by atoms with van der Waals surface area (Å²) in [4.78, 5) is 24.1. The van der Waals surface area contributed by atoms with Gasteiger partial charge in [-0.1, -0.05) is 18.2 Å². The number of aromatic nitrogens is 3. The zero-order valence-electron chi connectivity index (χ0n) is 13.3. The number of hydrogen-bond acceptors (Lipinski definition) is 7. The highest BCUT2D eigenvalue weighted by Crippen LogP contribution is 2.22. The highest BCUT2D eigenvalue weighted by Gasteiger charge is 2.16. The first-order chi connectivity index (χ1) is 10.9. The first kappa shape index (κ1) is 17.0. The van der Waals surface area contributed by atoms with Crippen LogP contribution in [0.2, 0.25) is 0 Å². The maximum Gasteiger partial charge on any atom is 0.237 e. The Morgan fingerprint density at radius 3 is 2.30 bits per heavy atom. The standard InChI is InChI=1S/C15H20N6OS/c1-8-5-4-6-9(2)12(8)20-13(22)10(3)23-7-11-18-14(16)21-15(17)19-11/h4-6,10H,7H2,1-3H3,(H,20,22)(H4,16,17,18,19,21)/t10-/m0/s1. The van der Waals surface area contributed by atoms with Crippen molar-refractivity contribution in [2.24, 2.45) is 0 Å². The fourth-order valence-corrected chi connectivity index (χ4v) is 2.77. The molecule has 1 aromatic carbocycles. The largest absolute Gasteiger partial charge is 0.368 e. The number of nitrogens with one attached hydrogen (secondary N) is 1. The van der Waals surface area contributed by atoms with Crippen molar-refractivity contribution in [3.05, 3.63) is 35.2 Å². The molecule has 2 rings (SSSR count). The van der Waals surface area contributed by atoms with E-state index in [-0.39, 0.29) is 23.1 Å². The summed E-state index contributed by atoms with van der Waals surface area (Å²) in [5, 5.41) is 2.70. The molecule has 8 heteroatoms. The van der Waals surface area contributed by atoms with Gasteiger partial charge in [-0.25, -0.2) is 0 Å². The predicted molar refractivity (Wildman–Crippen MR) is 94.0 cm³/mol. The van der Waals surface area contributed by atoms with Crippen LogP contribution in [0.4, 0.5) is 17.6 Å². The molecule has 1 atom stereocenters. The van der Waals surface area contributed by atoms with Gasteiger partial charge >= 0.3 is 0 Å². The first-order valence-electron chi connectivity index (χ1n) is 7.11. The van der Waals surface area contributed by atoms with Crippen LogP contribution in [0.25, 0.3) is 0 Å². The Balaban J connectivity index is 1.97. The summed E-state index contributed by atoms with van der Waals surface area (Å²) < 4.78 is 0. The van der Waals surface area contributed by atoms with Gasteiger partial charge in [0.05, 0.1) is 11.0 Å². The van der Waals surface area contributed by atoms with Crippen molar-refractivity contribution in [2.75, 3.05) is 16.8 Å². The molecule has 1 amide bonds. The molecule has 0 bridgehead atoms. The molecule has 23 heavy (non-hydrogen) atoms. The second-order valence-corrected chi connectivity index (χ2v) is 6.51. The van der Waals surface area contributed by atoms with Crippen molar-refractivity contribution in [1.29, 1.82) is 0 Å². The molecule has 5 N–H and O–H groups in total. The number of nitrogens with two attached hydrogens (primary N) is 2. The van der Waals surface area contributed by atoms with Crippen LogP contribution in [0.15, 0.2) is 18.2 Å². The van der Waals surface area contributed by atoms with E-state index in [0.717, 1.165) is 16.8 Å². The normalized spacial score (nSPS) is 12.0. The number of para-hydroxylation sites is 1. The highest BCUT2D eigenvalue weighted by molar-refractivity contribution is 7.99. The lowest BCUT2D eigenvalue weighted by atomic mass is 10.1. The monoisotopic (exact) mass is 332 g/mol. The average Bonchev–Trinajstić information content (AvgIpc) is 2.47. The number of amides is 1. The number of rotatable bonds is 5.